The first-order chi connectivity index (χ1) is 13.6. The van der Waals surface area contributed by atoms with E-state index in [0.717, 1.165) is 38.3 Å². The molecule has 0 N–H and O–H groups in total. The van der Waals surface area contributed by atoms with Crippen molar-refractivity contribution in [2.75, 3.05) is 26.0 Å². The summed E-state index contributed by atoms with van der Waals surface area (Å²) < 4.78 is 12.1. The van der Waals surface area contributed by atoms with Crippen molar-refractivity contribution in [2.45, 2.75) is 30.8 Å². The lowest BCUT2D eigenvalue weighted by Gasteiger charge is -2.29. The van der Waals surface area contributed by atoms with Gasteiger partial charge in [0.2, 0.25) is 5.75 Å². The summed E-state index contributed by atoms with van der Waals surface area (Å²) in [6.45, 7) is 4.25. The summed E-state index contributed by atoms with van der Waals surface area (Å²) in [4.78, 5) is 18.5. The Hall–Kier alpha value is -1.48. The molecule has 6 nitrogen and oxygen atoms in total. The molecule has 8 heteroatoms. The quantitative estimate of drug-likeness (QED) is 0.668. The first-order valence-corrected chi connectivity index (χ1v) is 11.6. The van der Waals surface area contributed by atoms with Crippen molar-refractivity contribution in [3.8, 4) is 5.75 Å². The van der Waals surface area contributed by atoms with E-state index in [0.29, 0.717) is 24.8 Å². The summed E-state index contributed by atoms with van der Waals surface area (Å²) >= 11 is 3.52. The number of piperidine rings is 1. The van der Waals surface area contributed by atoms with E-state index in [1.165, 1.54) is 10.5 Å². The van der Waals surface area contributed by atoms with Crippen LogP contribution in [0.3, 0.4) is 0 Å². The topological polar surface area (TPSA) is 50.6 Å². The van der Waals surface area contributed by atoms with Crippen molar-refractivity contribution in [1.29, 1.82) is 0 Å². The van der Waals surface area contributed by atoms with Crippen LogP contribution in [0.25, 0.3) is 0 Å². The van der Waals surface area contributed by atoms with Crippen LogP contribution in [0.2, 0.25) is 0 Å². The maximum absolute atomic E-state index is 12.7. The van der Waals surface area contributed by atoms with Gasteiger partial charge in [-0.1, -0.05) is 30.1 Å². The highest BCUT2D eigenvalue weighted by atomic mass is 32.2. The van der Waals surface area contributed by atoms with Gasteiger partial charge in [-0.2, -0.15) is 0 Å². The van der Waals surface area contributed by atoms with Gasteiger partial charge in [0.25, 0.3) is 5.56 Å². The summed E-state index contributed by atoms with van der Waals surface area (Å²) in [6, 6.07) is 8.40. The molecule has 0 spiro atoms. The summed E-state index contributed by atoms with van der Waals surface area (Å²) in [5.74, 6) is 1.62. The Labute approximate surface area is 174 Å². The molecular weight excluding hydrogens is 392 g/mol. The minimum atomic E-state index is -0.103. The third-order valence-electron chi connectivity index (χ3n) is 5.40. The average Bonchev–Trinajstić information content (AvgIpc) is 3.14. The highest BCUT2D eigenvalue weighted by Crippen LogP contribution is 2.36. The van der Waals surface area contributed by atoms with Gasteiger partial charge < -0.3 is 4.74 Å². The Morgan fingerprint density at radius 2 is 2.07 bits per heavy atom. The fourth-order valence-corrected chi connectivity index (χ4v) is 5.23. The van der Waals surface area contributed by atoms with E-state index >= 15 is 0 Å². The lowest BCUT2D eigenvalue weighted by molar-refractivity contribution is 0.187. The van der Waals surface area contributed by atoms with Crippen molar-refractivity contribution >= 4 is 23.9 Å². The van der Waals surface area contributed by atoms with Crippen molar-refractivity contribution in [3.05, 3.63) is 52.2 Å². The number of benzene rings is 1. The summed E-state index contributed by atoms with van der Waals surface area (Å²) in [7, 11) is 1.78. The van der Waals surface area contributed by atoms with E-state index in [2.05, 4.69) is 44.1 Å². The fourth-order valence-electron chi connectivity index (χ4n) is 3.60. The summed E-state index contributed by atoms with van der Waals surface area (Å²) in [6.07, 6.45) is 5.94. The van der Waals surface area contributed by atoms with Gasteiger partial charge >= 0.3 is 0 Å². The van der Waals surface area contributed by atoms with Crippen LogP contribution in [0.4, 0.5) is 0 Å². The fraction of sp³-hybridized carbons (Fsp3) is 0.500. The minimum Gasteiger partial charge on any atom is -0.486 e. The van der Waals surface area contributed by atoms with Crippen LogP contribution in [0.15, 0.2) is 40.2 Å². The third-order valence-corrected chi connectivity index (χ3v) is 7.40. The van der Waals surface area contributed by atoms with Gasteiger partial charge in [0.05, 0.1) is 19.3 Å². The number of ether oxygens (including phenoxy) is 1. The van der Waals surface area contributed by atoms with Crippen molar-refractivity contribution < 1.29 is 4.74 Å². The molecule has 0 atom stereocenters. The molecule has 2 aliphatic heterocycles. The molecule has 0 unspecified atom stereocenters. The molecule has 0 aliphatic carbocycles. The SMILES string of the molecule is CSN1CCC(COc2cnc(CN3Cc4ccccc4S3)n(C)c2=O)CC1. The molecule has 1 fully saturated rings. The predicted molar refractivity (Wildman–Crippen MR) is 114 cm³/mol. The molecule has 28 heavy (non-hydrogen) atoms. The molecule has 150 valence electrons. The summed E-state index contributed by atoms with van der Waals surface area (Å²) in [5, 5.41) is 0. The van der Waals surface area contributed by atoms with Gasteiger partial charge in [0.15, 0.2) is 0 Å². The van der Waals surface area contributed by atoms with Crippen LogP contribution < -0.4 is 10.3 Å². The number of aromatic nitrogens is 2. The molecule has 3 heterocycles. The highest BCUT2D eigenvalue weighted by molar-refractivity contribution is 7.97. The zero-order chi connectivity index (χ0) is 19.5. The largest absolute Gasteiger partial charge is 0.486 e. The molecule has 0 saturated carbocycles. The zero-order valence-corrected chi connectivity index (χ0v) is 18.0. The van der Waals surface area contributed by atoms with E-state index in [-0.39, 0.29) is 5.56 Å². The number of nitrogens with zero attached hydrogens (tertiary/aromatic N) is 4. The van der Waals surface area contributed by atoms with E-state index in [4.69, 9.17) is 4.74 Å². The maximum Gasteiger partial charge on any atom is 0.295 e. The molecule has 1 aromatic heterocycles. The number of fused-ring (bicyclic) bond motifs is 1. The van der Waals surface area contributed by atoms with Crippen LogP contribution in [-0.4, -0.2) is 44.1 Å². The van der Waals surface area contributed by atoms with Gasteiger partial charge in [-0.15, -0.1) is 0 Å². The lowest BCUT2D eigenvalue weighted by Crippen LogP contribution is -2.32. The Morgan fingerprint density at radius 3 is 2.82 bits per heavy atom. The van der Waals surface area contributed by atoms with E-state index in [1.54, 1.807) is 41.7 Å². The number of hydrogen-bond donors (Lipinski definition) is 0. The van der Waals surface area contributed by atoms with Gasteiger partial charge in [0, 0.05) is 31.6 Å². The van der Waals surface area contributed by atoms with Crippen molar-refractivity contribution in [1.82, 2.24) is 18.2 Å². The molecular formula is C20H26N4O2S2. The van der Waals surface area contributed by atoms with E-state index in [9.17, 15) is 4.79 Å². The second kappa shape index (κ2) is 8.90. The molecule has 0 radical (unpaired) electrons. The van der Waals surface area contributed by atoms with Crippen molar-refractivity contribution in [2.24, 2.45) is 13.0 Å². The number of rotatable bonds is 6. The molecule has 1 aromatic carbocycles. The molecule has 0 bridgehead atoms. The molecule has 2 aliphatic rings. The van der Waals surface area contributed by atoms with E-state index < -0.39 is 0 Å². The second-order valence-electron chi connectivity index (χ2n) is 7.27. The van der Waals surface area contributed by atoms with Gasteiger partial charge in [-0.05, 0) is 48.6 Å². The molecule has 1 saturated heterocycles. The van der Waals surface area contributed by atoms with Crippen LogP contribution in [-0.2, 0) is 20.1 Å². The van der Waals surface area contributed by atoms with Gasteiger partial charge in [0.1, 0.15) is 5.82 Å². The first kappa shape index (κ1) is 19.8. The number of hydrogen-bond acceptors (Lipinski definition) is 7. The first-order valence-electron chi connectivity index (χ1n) is 9.61. The molecule has 0 amide bonds. The second-order valence-corrected chi connectivity index (χ2v) is 9.29. The third kappa shape index (κ3) is 4.40. The van der Waals surface area contributed by atoms with Crippen LogP contribution in [0, 0.1) is 5.92 Å². The summed E-state index contributed by atoms with van der Waals surface area (Å²) in [5.41, 5.74) is 1.22. The zero-order valence-electron chi connectivity index (χ0n) is 16.3. The van der Waals surface area contributed by atoms with Crippen LogP contribution in [0.5, 0.6) is 5.75 Å². The molecule has 4 rings (SSSR count). The lowest BCUT2D eigenvalue weighted by atomic mass is 9.99. The Morgan fingerprint density at radius 1 is 1.29 bits per heavy atom. The van der Waals surface area contributed by atoms with Gasteiger partial charge in [-0.25, -0.2) is 9.29 Å². The highest BCUT2D eigenvalue weighted by Gasteiger charge is 2.22. The van der Waals surface area contributed by atoms with E-state index in [1.807, 2.05) is 0 Å². The van der Waals surface area contributed by atoms with Crippen LogP contribution in [0.1, 0.15) is 24.2 Å². The molecule has 2 aromatic rings. The predicted octanol–water partition coefficient (Wildman–Crippen LogP) is 3.17. The Balaban J connectivity index is 1.36. The van der Waals surface area contributed by atoms with Crippen LogP contribution >= 0.6 is 23.9 Å². The van der Waals surface area contributed by atoms with Crippen molar-refractivity contribution in [3.63, 3.8) is 0 Å². The maximum atomic E-state index is 12.7. The average molecular weight is 419 g/mol. The van der Waals surface area contributed by atoms with Gasteiger partial charge in [-0.3, -0.25) is 13.7 Å². The monoisotopic (exact) mass is 418 g/mol. The standard InChI is InChI=1S/C20H26N4O2S2/c1-22-19(13-24-12-16-5-3-4-6-18(16)28-24)21-11-17(20(22)25)26-14-15-7-9-23(27-2)10-8-15/h3-6,11,15H,7-10,12-14H2,1-2H3. The normalized spacial score (nSPS) is 18.4. The smallest absolute Gasteiger partial charge is 0.295 e. The minimum absolute atomic E-state index is 0.103. The Bertz CT molecular complexity index is 856. The Kier molecular flexibility index (Phi) is 6.30.